The monoisotopic (exact) mass is 261 g/mol. The number of amides is 1. The van der Waals surface area contributed by atoms with Gasteiger partial charge in [0.25, 0.3) is 0 Å². The zero-order valence-corrected chi connectivity index (χ0v) is 11.6. The highest BCUT2D eigenvalue weighted by atomic mass is 16.2. The number of benzene rings is 1. The molecule has 104 valence electrons. The minimum Gasteiger partial charge on any atom is -0.372 e. The summed E-state index contributed by atoms with van der Waals surface area (Å²) in [4.78, 5) is 14.2. The molecule has 1 aromatic rings. The van der Waals surface area contributed by atoms with Gasteiger partial charge in [-0.3, -0.25) is 4.79 Å². The van der Waals surface area contributed by atoms with Gasteiger partial charge in [-0.1, -0.05) is 13.3 Å². The third-order valence-electron chi connectivity index (χ3n) is 3.54. The van der Waals surface area contributed by atoms with E-state index in [0.29, 0.717) is 0 Å². The van der Waals surface area contributed by atoms with E-state index in [1.165, 1.54) is 18.5 Å². The Bertz CT molecular complexity index is 410. The van der Waals surface area contributed by atoms with E-state index in [4.69, 9.17) is 5.73 Å². The van der Waals surface area contributed by atoms with Crippen molar-refractivity contribution in [1.82, 2.24) is 0 Å². The van der Waals surface area contributed by atoms with Gasteiger partial charge in [-0.25, -0.2) is 0 Å². The molecular weight excluding hydrogens is 238 g/mol. The van der Waals surface area contributed by atoms with Crippen LogP contribution in [-0.2, 0) is 4.79 Å². The first-order chi connectivity index (χ1) is 9.20. The molecule has 2 rings (SSSR count). The van der Waals surface area contributed by atoms with Crippen LogP contribution in [0.15, 0.2) is 24.3 Å². The Morgan fingerprint density at radius 3 is 2.53 bits per heavy atom. The lowest BCUT2D eigenvalue weighted by atomic mass is 10.1. The molecule has 1 heterocycles. The van der Waals surface area contributed by atoms with E-state index in [0.717, 1.165) is 31.6 Å². The standard InChI is InChI=1S/C15H23N3O/c1-2-5-14(16)15(19)17-12-6-8-13(9-7-12)18-10-3-4-11-18/h6-9,14H,2-5,10-11,16H2,1H3,(H,17,19). The lowest BCUT2D eigenvalue weighted by Crippen LogP contribution is -2.35. The molecule has 4 heteroatoms. The normalized spacial score (nSPS) is 16.4. The highest BCUT2D eigenvalue weighted by Crippen LogP contribution is 2.22. The molecule has 1 aromatic carbocycles. The molecule has 1 aliphatic rings. The molecule has 0 saturated carbocycles. The molecule has 19 heavy (non-hydrogen) atoms. The maximum Gasteiger partial charge on any atom is 0.241 e. The number of hydrogen-bond donors (Lipinski definition) is 2. The highest BCUT2D eigenvalue weighted by Gasteiger charge is 2.14. The van der Waals surface area contributed by atoms with E-state index in [-0.39, 0.29) is 5.91 Å². The Morgan fingerprint density at radius 2 is 1.95 bits per heavy atom. The molecule has 0 spiro atoms. The van der Waals surface area contributed by atoms with Gasteiger partial charge < -0.3 is 16.0 Å². The Morgan fingerprint density at radius 1 is 1.32 bits per heavy atom. The maximum absolute atomic E-state index is 11.8. The van der Waals surface area contributed by atoms with Crippen molar-refractivity contribution in [2.24, 2.45) is 5.73 Å². The maximum atomic E-state index is 11.8. The first-order valence-electron chi connectivity index (χ1n) is 7.12. The third-order valence-corrected chi connectivity index (χ3v) is 3.54. The molecular formula is C15H23N3O. The van der Waals surface area contributed by atoms with Crippen molar-refractivity contribution in [2.45, 2.75) is 38.6 Å². The van der Waals surface area contributed by atoms with Crippen molar-refractivity contribution < 1.29 is 4.79 Å². The van der Waals surface area contributed by atoms with Gasteiger partial charge >= 0.3 is 0 Å². The van der Waals surface area contributed by atoms with Crippen LogP contribution in [0.1, 0.15) is 32.6 Å². The van der Waals surface area contributed by atoms with E-state index in [9.17, 15) is 4.79 Å². The average Bonchev–Trinajstić information content (AvgIpc) is 2.94. The van der Waals surface area contributed by atoms with Crippen LogP contribution >= 0.6 is 0 Å². The number of rotatable bonds is 5. The van der Waals surface area contributed by atoms with Crippen molar-refractivity contribution in [3.05, 3.63) is 24.3 Å². The number of nitrogens with two attached hydrogens (primary N) is 1. The largest absolute Gasteiger partial charge is 0.372 e. The summed E-state index contributed by atoms with van der Waals surface area (Å²) in [5, 5.41) is 2.86. The fraction of sp³-hybridized carbons (Fsp3) is 0.533. The Labute approximate surface area is 115 Å². The fourth-order valence-electron chi connectivity index (χ4n) is 2.41. The molecule has 1 aliphatic heterocycles. The summed E-state index contributed by atoms with van der Waals surface area (Å²) in [5.41, 5.74) is 7.83. The molecule has 1 saturated heterocycles. The van der Waals surface area contributed by atoms with Crippen molar-refractivity contribution in [3.63, 3.8) is 0 Å². The molecule has 0 aromatic heterocycles. The van der Waals surface area contributed by atoms with Crippen LogP contribution in [0.3, 0.4) is 0 Å². The van der Waals surface area contributed by atoms with Crippen molar-refractivity contribution in [2.75, 3.05) is 23.3 Å². The van der Waals surface area contributed by atoms with Gasteiger partial charge in [0.05, 0.1) is 6.04 Å². The molecule has 1 amide bonds. The van der Waals surface area contributed by atoms with E-state index < -0.39 is 6.04 Å². The van der Waals surface area contributed by atoms with Gasteiger partial charge in [0.1, 0.15) is 0 Å². The molecule has 1 fully saturated rings. The van der Waals surface area contributed by atoms with Crippen LogP contribution in [-0.4, -0.2) is 25.0 Å². The summed E-state index contributed by atoms with van der Waals surface area (Å²) < 4.78 is 0. The molecule has 3 N–H and O–H groups in total. The highest BCUT2D eigenvalue weighted by molar-refractivity contribution is 5.94. The van der Waals surface area contributed by atoms with Crippen LogP contribution in [0.5, 0.6) is 0 Å². The number of anilines is 2. The first-order valence-corrected chi connectivity index (χ1v) is 7.12. The Kier molecular flexibility index (Phi) is 4.80. The molecule has 0 radical (unpaired) electrons. The zero-order valence-electron chi connectivity index (χ0n) is 11.6. The van der Waals surface area contributed by atoms with E-state index in [1.54, 1.807) is 0 Å². The molecule has 0 aliphatic carbocycles. The van der Waals surface area contributed by atoms with E-state index in [2.05, 4.69) is 22.3 Å². The first kappa shape index (κ1) is 13.9. The SMILES string of the molecule is CCCC(N)C(=O)Nc1ccc(N2CCCC2)cc1. The number of hydrogen-bond acceptors (Lipinski definition) is 3. The fourth-order valence-corrected chi connectivity index (χ4v) is 2.41. The summed E-state index contributed by atoms with van der Waals surface area (Å²) in [6.07, 6.45) is 4.18. The predicted molar refractivity (Wildman–Crippen MR) is 79.4 cm³/mol. The van der Waals surface area contributed by atoms with Crippen molar-refractivity contribution in [1.29, 1.82) is 0 Å². The summed E-state index contributed by atoms with van der Waals surface area (Å²) in [7, 11) is 0. The van der Waals surface area contributed by atoms with Crippen LogP contribution in [0.4, 0.5) is 11.4 Å². The lowest BCUT2D eigenvalue weighted by Gasteiger charge is -2.18. The summed E-state index contributed by atoms with van der Waals surface area (Å²) in [6, 6.07) is 7.61. The summed E-state index contributed by atoms with van der Waals surface area (Å²) >= 11 is 0. The van der Waals surface area contributed by atoms with Crippen molar-refractivity contribution in [3.8, 4) is 0 Å². The van der Waals surface area contributed by atoms with Gasteiger partial charge in [0, 0.05) is 24.5 Å². The van der Waals surface area contributed by atoms with Gasteiger partial charge in [-0.2, -0.15) is 0 Å². The van der Waals surface area contributed by atoms with Gasteiger partial charge in [-0.15, -0.1) is 0 Å². The second-order valence-corrected chi connectivity index (χ2v) is 5.13. The van der Waals surface area contributed by atoms with Gasteiger partial charge in [-0.05, 0) is 43.5 Å². The predicted octanol–water partition coefficient (Wildman–Crippen LogP) is 2.35. The number of nitrogens with zero attached hydrogens (tertiary/aromatic N) is 1. The lowest BCUT2D eigenvalue weighted by molar-refractivity contribution is -0.117. The van der Waals surface area contributed by atoms with Gasteiger partial charge in [0.15, 0.2) is 0 Å². The van der Waals surface area contributed by atoms with Crippen molar-refractivity contribution >= 4 is 17.3 Å². The summed E-state index contributed by atoms with van der Waals surface area (Å²) in [6.45, 7) is 4.29. The summed E-state index contributed by atoms with van der Waals surface area (Å²) in [5.74, 6) is -0.101. The quantitative estimate of drug-likeness (QED) is 0.855. The van der Waals surface area contributed by atoms with E-state index >= 15 is 0 Å². The Hall–Kier alpha value is -1.55. The minimum atomic E-state index is -0.414. The third kappa shape index (κ3) is 3.70. The number of carbonyl (C=O) groups excluding carboxylic acids is 1. The number of carbonyl (C=O) groups is 1. The van der Waals surface area contributed by atoms with E-state index in [1.807, 2.05) is 19.1 Å². The second-order valence-electron chi connectivity index (χ2n) is 5.13. The minimum absolute atomic E-state index is 0.101. The van der Waals surface area contributed by atoms with Crippen LogP contribution < -0.4 is 16.0 Å². The van der Waals surface area contributed by atoms with Gasteiger partial charge in [0.2, 0.25) is 5.91 Å². The second kappa shape index (κ2) is 6.57. The van der Waals surface area contributed by atoms with Crippen LogP contribution in [0, 0.1) is 0 Å². The molecule has 1 unspecified atom stereocenters. The number of nitrogens with one attached hydrogen (secondary N) is 1. The average molecular weight is 261 g/mol. The Balaban J connectivity index is 1.92. The molecule has 1 atom stereocenters. The molecule has 0 bridgehead atoms. The molecule has 4 nitrogen and oxygen atoms in total. The van der Waals surface area contributed by atoms with Crippen LogP contribution in [0.25, 0.3) is 0 Å². The smallest absolute Gasteiger partial charge is 0.241 e. The zero-order chi connectivity index (χ0) is 13.7. The topological polar surface area (TPSA) is 58.4 Å². The van der Waals surface area contributed by atoms with Crippen LogP contribution in [0.2, 0.25) is 0 Å².